The summed E-state index contributed by atoms with van der Waals surface area (Å²) in [6, 6.07) is 12.1. The first-order valence-corrected chi connectivity index (χ1v) is 11.2. The van der Waals surface area contributed by atoms with E-state index in [0.717, 1.165) is 44.4 Å². The van der Waals surface area contributed by atoms with E-state index in [1.165, 1.54) is 11.1 Å². The summed E-state index contributed by atoms with van der Waals surface area (Å²) in [6.07, 6.45) is 0.794. The highest BCUT2D eigenvalue weighted by molar-refractivity contribution is 7.17. The third kappa shape index (κ3) is 3.17. The summed E-state index contributed by atoms with van der Waals surface area (Å²) in [7, 11) is 3.28. The molecule has 0 N–H and O–H groups in total. The molecule has 5 nitrogen and oxygen atoms in total. The highest BCUT2D eigenvalue weighted by atomic mass is 32.1. The molecule has 2 aliphatic heterocycles. The van der Waals surface area contributed by atoms with Crippen molar-refractivity contribution in [3.8, 4) is 27.7 Å². The molecule has 0 radical (unpaired) electrons. The van der Waals surface area contributed by atoms with Crippen LogP contribution in [0.4, 0.5) is 0 Å². The number of benzene rings is 2. The zero-order chi connectivity index (χ0) is 21.7. The topological polar surface area (TPSA) is 48.0 Å². The first kappa shape index (κ1) is 19.9. The highest BCUT2D eigenvalue weighted by Crippen LogP contribution is 2.45. The van der Waals surface area contributed by atoms with Crippen LogP contribution in [0, 0.1) is 6.92 Å². The van der Waals surface area contributed by atoms with Crippen molar-refractivity contribution in [1.82, 2.24) is 4.90 Å². The van der Waals surface area contributed by atoms with E-state index in [0.29, 0.717) is 18.9 Å². The molecule has 5 rings (SSSR count). The monoisotopic (exact) mass is 435 g/mol. The van der Waals surface area contributed by atoms with Crippen molar-refractivity contribution in [1.29, 1.82) is 0 Å². The van der Waals surface area contributed by atoms with Crippen LogP contribution in [0.25, 0.3) is 10.4 Å². The van der Waals surface area contributed by atoms with Crippen molar-refractivity contribution in [2.24, 2.45) is 0 Å². The molecule has 31 heavy (non-hydrogen) atoms. The maximum Gasteiger partial charge on any atom is 0.264 e. The first-order valence-electron chi connectivity index (χ1n) is 10.4. The molecule has 1 amide bonds. The second-order valence-electron chi connectivity index (χ2n) is 8.03. The van der Waals surface area contributed by atoms with Gasteiger partial charge in [-0.3, -0.25) is 4.79 Å². The minimum absolute atomic E-state index is 0.0412. The van der Waals surface area contributed by atoms with Gasteiger partial charge in [-0.15, -0.1) is 11.3 Å². The van der Waals surface area contributed by atoms with Crippen LogP contribution >= 0.6 is 11.3 Å². The van der Waals surface area contributed by atoms with Gasteiger partial charge < -0.3 is 19.1 Å². The average Bonchev–Trinajstić information content (AvgIpc) is 3.22. The lowest BCUT2D eigenvalue weighted by atomic mass is 9.92. The van der Waals surface area contributed by atoms with E-state index in [9.17, 15) is 4.79 Å². The summed E-state index contributed by atoms with van der Waals surface area (Å²) < 4.78 is 16.9. The van der Waals surface area contributed by atoms with E-state index < -0.39 is 0 Å². The van der Waals surface area contributed by atoms with Crippen molar-refractivity contribution < 1.29 is 19.0 Å². The van der Waals surface area contributed by atoms with Gasteiger partial charge >= 0.3 is 0 Å². The van der Waals surface area contributed by atoms with Crippen molar-refractivity contribution in [2.45, 2.75) is 32.9 Å². The Bertz CT molecular complexity index is 1180. The Kier molecular flexibility index (Phi) is 4.89. The number of hydrogen-bond acceptors (Lipinski definition) is 5. The molecular weight excluding hydrogens is 410 g/mol. The van der Waals surface area contributed by atoms with E-state index in [1.807, 2.05) is 35.2 Å². The zero-order valence-corrected chi connectivity index (χ0v) is 19.0. The van der Waals surface area contributed by atoms with Crippen LogP contribution in [0.3, 0.4) is 0 Å². The van der Waals surface area contributed by atoms with E-state index in [-0.39, 0.29) is 11.9 Å². The number of aryl methyl sites for hydroxylation is 1. The normalized spacial score (nSPS) is 16.6. The Morgan fingerprint density at radius 1 is 1.13 bits per heavy atom. The van der Waals surface area contributed by atoms with Crippen molar-refractivity contribution in [3.63, 3.8) is 0 Å². The maximum absolute atomic E-state index is 13.6. The first-order chi connectivity index (χ1) is 15.0. The SMILES string of the molecule is COc1cc2c(cc1OC)[C@@H](C)N(C(=O)c1cc3c(s1)-c1c(C)cccc1OC3)CC2. The average molecular weight is 436 g/mol. The van der Waals surface area contributed by atoms with Crippen molar-refractivity contribution in [2.75, 3.05) is 20.8 Å². The largest absolute Gasteiger partial charge is 0.493 e. The third-order valence-corrected chi connectivity index (χ3v) is 7.49. The van der Waals surface area contributed by atoms with Gasteiger partial charge in [-0.05, 0) is 61.2 Å². The molecule has 0 bridgehead atoms. The molecule has 1 aromatic heterocycles. The molecule has 2 aliphatic rings. The minimum atomic E-state index is -0.0412. The molecule has 0 saturated carbocycles. The summed E-state index contributed by atoms with van der Waals surface area (Å²) in [5, 5.41) is 0. The van der Waals surface area contributed by atoms with Crippen molar-refractivity contribution in [3.05, 3.63) is 63.5 Å². The van der Waals surface area contributed by atoms with Crippen LogP contribution in [-0.2, 0) is 13.0 Å². The molecule has 0 fully saturated rings. The second kappa shape index (κ2) is 7.61. The molecular formula is C25H25NO4S. The molecule has 3 aromatic rings. The van der Waals surface area contributed by atoms with Gasteiger partial charge in [-0.2, -0.15) is 0 Å². The Morgan fingerprint density at radius 3 is 2.68 bits per heavy atom. The number of thiophene rings is 1. The summed E-state index contributed by atoms with van der Waals surface area (Å²) in [4.78, 5) is 17.4. The van der Waals surface area contributed by atoms with Gasteiger partial charge in [-0.25, -0.2) is 0 Å². The van der Waals surface area contributed by atoms with Crippen LogP contribution in [0.15, 0.2) is 36.4 Å². The quantitative estimate of drug-likeness (QED) is 0.553. The van der Waals surface area contributed by atoms with Gasteiger partial charge in [0.05, 0.1) is 25.1 Å². The predicted molar refractivity (Wildman–Crippen MR) is 122 cm³/mol. The van der Waals surface area contributed by atoms with Crippen LogP contribution in [0.5, 0.6) is 17.2 Å². The van der Waals surface area contributed by atoms with Crippen LogP contribution in [0.1, 0.15) is 44.9 Å². The van der Waals surface area contributed by atoms with Crippen LogP contribution in [0.2, 0.25) is 0 Å². The zero-order valence-electron chi connectivity index (χ0n) is 18.2. The fraction of sp³-hybridized carbons (Fsp3) is 0.320. The Hall–Kier alpha value is -2.99. The third-order valence-electron chi connectivity index (χ3n) is 6.31. The molecule has 0 spiro atoms. The molecule has 0 unspecified atom stereocenters. The maximum atomic E-state index is 13.6. The summed E-state index contributed by atoms with van der Waals surface area (Å²) >= 11 is 1.58. The predicted octanol–water partition coefficient (Wildman–Crippen LogP) is 5.39. The second-order valence-corrected chi connectivity index (χ2v) is 9.08. The number of carbonyl (C=O) groups excluding carboxylic acids is 1. The number of hydrogen-bond donors (Lipinski definition) is 0. The highest BCUT2D eigenvalue weighted by Gasteiger charge is 2.32. The van der Waals surface area contributed by atoms with E-state index >= 15 is 0 Å². The standard InChI is InChI=1S/C25H25NO4S/c1-14-6-5-7-19-23(14)24-17(13-30-19)11-22(31-24)25(27)26-9-8-16-10-20(28-3)21(29-4)12-18(16)15(26)2/h5-7,10-12,15H,8-9,13H2,1-4H3/t15-/m1/s1. The fourth-order valence-corrected chi connectivity index (χ4v) is 5.86. The summed E-state index contributed by atoms with van der Waals surface area (Å²) in [6.45, 7) is 5.35. The van der Waals surface area contributed by atoms with Gasteiger partial charge in [0.2, 0.25) is 0 Å². The number of amides is 1. The summed E-state index contributed by atoms with van der Waals surface area (Å²) in [5.41, 5.74) is 5.69. The van der Waals surface area contributed by atoms with E-state index in [2.05, 4.69) is 19.9 Å². The van der Waals surface area contributed by atoms with E-state index in [4.69, 9.17) is 14.2 Å². The van der Waals surface area contributed by atoms with E-state index in [1.54, 1.807) is 25.6 Å². The smallest absolute Gasteiger partial charge is 0.264 e. The Balaban J connectivity index is 1.48. The number of methoxy groups -OCH3 is 2. The van der Waals surface area contributed by atoms with Crippen LogP contribution in [-0.4, -0.2) is 31.6 Å². The van der Waals surface area contributed by atoms with Gasteiger partial charge in [0.1, 0.15) is 12.4 Å². The van der Waals surface area contributed by atoms with Gasteiger partial charge in [0, 0.05) is 22.5 Å². The molecule has 6 heteroatoms. The molecule has 160 valence electrons. The lowest BCUT2D eigenvalue weighted by molar-refractivity contribution is 0.0682. The number of fused-ring (bicyclic) bond motifs is 4. The van der Waals surface area contributed by atoms with Crippen molar-refractivity contribution >= 4 is 17.2 Å². The molecule has 1 atom stereocenters. The Morgan fingerprint density at radius 2 is 1.90 bits per heavy atom. The molecule has 3 heterocycles. The van der Waals surface area contributed by atoms with Gasteiger partial charge in [-0.1, -0.05) is 12.1 Å². The lowest BCUT2D eigenvalue weighted by Gasteiger charge is -2.35. The lowest BCUT2D eigenvalue weighted by Crippen LogP contribution is -2.38. The number of ether oxygens (including phenoxy) is 3. The Labute approximate surface area is 186 Å². The molecule has 0 aliphatic carbocycles. The summed E-state index contributed by atoms with van der Waals surface area (Å²) in [5.74, 6) is 2.39. The number of rotatable bonds is 3. The fourth-order valence-electron chi connectivity index (χ4n) is 4.62. The molecule has 2 aromatic carbocycles. The van der Waals surface area contributed by atoms with Gasteiger partial charge in [0.15, 0.2) is 11.5 Å². The molecule has 0 saturated heterocycles. The minimum Gasteiger partial charge on any atom is -0.493 e. The van der Waals surface area contributed by atoms with Crippen LogP contribution < -0.4 is 14.2 Å². The number of nitrogens with zero attached hydrogens (tertiary/aromatic N) is 1. The van der Waals surface area contributed by atoms with Gasteiger partial charge in [0.25, 0.3) is 5.91 Å². The number of carbonyl (C=O) groups is 1.